The number of ketones is 1. The molecule has 6 nitrogen and oxygen atoms in total. The Labute approximate surface area is 213 Å². The second kappa shape index (κ2) is 10.5. The Bertz CT molecular complexity index is 1350. The van der Waals surface area contributed by atoms with Crippen molar-refractivity contribution in [2.24, 2.45) is 0 Å². The molecule has 3 aromatic rings. The van der Waals surface area contributed by atoms with Gasteiger partial charge >= 0.3 is 0 Å². The molecule has 1 aliphatic rings. The highest BCUT2D eigenvalue weighted by atomic mass is 16.2. The fraction of sp³-hybridized carbons (Fsp3) is 0.367. The second-order valence-electron chi connectivity index (χ2n) is 9.71. The van der Waals surface area contributed by atoms with Gasteiger partial charge in [0.25, 0.3) is 11.5 Å². The van der Waals surface area contributed by atoms with Crippen molar-refractivity contribution in [1.82, 2.24) is 4.57 Å². The minimum atomic E-state index is -0.507. The van der Waals surface area contributed by atoms with Gasteiger partial charge in [0.05, 0.1) is 0 Å². The number of carbonyl (C=O) groups is 2. The molecule has 0 unspecified atom stereocenters. The molecular weight excluding hydrogens is 450 g/mol. The first-order chi connectivity index (χ1) is 17.2. The van der Waals surface area contributed by atoms with Gasteiger partial charge in [0, 0.05) is 47.8 Å². The van der Waals surface area contributed by atoms with Gasteiger partial charge in [-0.3, -0.25) is 19.0 Å². The van der Waals surface area contributed by atoms with Crippen molar-refractivity contribution in [2.75, 3.05) is 23.3 Å². The van der Waals surface area contributed by atoms with Crippen molar-refractivity contribution in [3.05, 3.63) is 86.8 Å². The van der Waals surface area contributed by atoms with Crippen LogP contribution in [0.15, 0.2) is 53.3 Å². The van der Waals surface area contributed by atoms with E-state index in [-0.39, 0.29) is 11.3 Å². The molecule has 1 aromatic heterocycles. The second-order valence-corrected chi connectivity index (χ2v) is 9.71. The molecule has 0 aliphatic heterocycles. The van der Waals surface area contributed by atoms with Crippen molar-refractivity contribution >= 4 is 23.1 Å². The number of anilines is 2. The molecular formula is C30H35N3O3. The highest BCUT2D eigenvalue weighted by Crippen LogP contribution is 2.26. The monoisotopic (exact) mass is 485 g/mol. The Morgan fingerprint density at radius 1 is 1.00 bits per heavy atom. The van der Waals surface area contributed by atoms with E-state index in [0.29, 0.717) is 47.8 Å². The molecule has 4 rings (SSSR count). The van der Waals surface area contributed by atoms with Crippen molar-refractivity contribution in [3.8, 4) is 5.69 Å². The minimum absolute atomic E-state index is 0.0239. The first-order valence-corrected chi connectivity index (χ1v) is 12.8. The van der Waals surface area contributed by atoms with E-state index in [1.165, 1.54) is 6.07 Å². The fourth-order valence-corrected chi connectivity index (χ4v) is 4.90. The summed E-state index contributed by atoms with van der Waals surface area (Å²) in [5.74, 6) is -0.176. The lowest BCUT2D eigenvalue weighted by molar-refractivity contribution is 0.0971. The summed E-state index contributed by atoms with van der Waals surface area (Å²) in [6.07, 6.45) is 1.74. The number of pyridine rings is 1. The maximum Gasteiger partial charge on any atom is 0.268 e. The number of nitrogens with zero attached hydrogens (tertiary/aromatic N) is 2. The zero-order valence-electron chi connectivity index (χ0n) is 21.9. The Kier molecular flexibility index (Phi) is 7.43. The van der Waals surface area contributed by atoms with Crippen LogP contribution in [0.25, 0.3) is 5.69 Å². The first-order valence-electron chi connectivity index (χ1n) is 12.8. The fourth-order valence-electron chi connectivity index (χ4n) is 4.90. The van der Waals surface area contributed by atoms with Gasteiger partial charge in [0.15, 0.2) is 5.78 Å². The summed E-state index contributed by atoms with van der Waals surface area (Å²) >= 11 is 0. The molecule has 0 spiro atoms. The maximum atomic E-state index is 13.7. The zero-order chi connectivity index (χ0) is 26.0. The molecule has 1 aliphatic carbocycles. The third-order valence-corrected chi connectivity index (χ3v) is 7.07. The Balaban J connectivity index is 1.76. The van der Waals surface area contributed by atoms with E-state index in [2.05, 4.69) is 37.9 Å². The van der Waals surface area contributed by atoms with Crippen molar-refractivity contribution in [1.29, 1.82) is 0 Å². The van der Waals surface area contributed by atoms with Gasteiger partial charge < -0.3 is 10.2 Å². The van der Waals surface area contributed by atoms with Crippen LogP contribution in [0.1, 0.15) is 84.0 Å². The van der Waals surface area contributed by atoms with Crippen molar-refractivity contribution < 1.29 is 9.59 Å². The summed E-state index contributed by atoms with van der Waals surface area (Å²) in [7, 11) is 0. The number of rotatable bonds is 7. The van der Waals surface area contributed by atoms with Gasteiger partial charge in [-0.2, -0.15) is 0 Å². The summed E-state index contributed by atoms with van der Waals surface area (Å²) in [5, 5.41) is 2.91. The molecule has 0 radical (unpaired) electrons. The molecule has 0 atom stereocenters. The first kappa shape index (κ1) is 25.4. The predicted molar refractivity (Wildman–Crippen MR) is 146 cm³/mol. The van der Waals surface area contributed by atoms with Crippen molar-refractivity contribution in [3.63, 3.8) is 0 Å². The largest absolute Gasteiger partial charge is 0.372 e. The standard InChI is InChI=1S/C30H35N3O3/c1-6-32(7-2)23-15-16-26(20(5)17-23)31-29(35)25-18-24-27(9-8-10-28(24)34)33(30(25)36)22-13-11-21(12-14-22)19(3)4/h11-19H,6-10H2,1-5H3,(H,31,35). The lowest BCUT2D eigenvalue weighted by atomic mass is 9.92. The molecule has 1 heterocycles. The number of fused-ring (bicyclic) bond motifs is 1. The minimum Gasteiger partial charge on any atom is -0.372 e. The molecule has 0 saturated carbocycles. The molecule has 1 amide bonds. The lowest BCUT2D eigenvalue weighted by Crippen LogP contribution is -2.33. The summed E-state index contributed by atoms with van der Waals surface area (Å²) < 4.78 is 1.56. The number of Topliss-reactive ketones (excluding diaryl/α,β-unsaturated/α-hetero) is 1. The van der Waals surface area contributed by atoms with Crippen LogP contribution >= 0.6 is 0 Å². The normalized spacial score (nSPS) is 13.0. The van der Waals surface area contributed by atoms with Crippen LogP contribution in [0.5, 0.6) is 0 Å². The third kappa shape index (κ3) is 4.85. The number of aromatic nitrogens is 1. The van der Waals surface area contributed by atoms with Gasteiger partial charge in [-0.05, 0) is 87.1 Å². The van der Waals surface area contributed by atoms with E-state index in [9.17, 15) is 14.4 Å². The average Bonchev–Trinajstić information content (AvgIpc) is 2.86. The molecule has 36 heavy (non-hydrogen) atoms. The number of hydrogen-bond donors (Lipinski definition) is 1. The van der Waals surface area contributed by atoms with Gasteiger partial charge in [0.1, 0.15) is 5.56 Å². The number of nitrogens with one attached hydrogen (secondary N) is 1. The van der Waals surface area contributed by atoms with Crippen LogP contribution in [-0.2, 0) is 6.42 Å². The van der Waals surface area contributed by atoms with E-state index < -0.39 is 11.5 Å². The summed E-state index contributed by atoms with van der Waals surface area (Å²) in [6.45, 7) is 12.2. The number of hydrogen-bond acceptors (Lipinski definition) is 4. The molecule has 2 aromatic carbocycles. The number of amides is 1. The zero-order valence-corrected chi connectivity index (χ0v) is 21.9. The molecule has 0 fully saturated rings. The average molecular weight is 486 g/mol. The number of carbonyl (C=O) groups excluding carboxylic acids is 2. The summed E-state index contributed by atoms with van der Waals surface area (Å²) in [6, 6.07) is 15.2. The van der Waals surface area contributed by atoms with Crippen molar-refractivity contribution in [2.45, 2.75) is 59.8 Å². The van der Waals surface area contributed by atoms with E-state index >= 15 is 0 Å². The summed E-state index contributed by atoms with van der Waals surface area (Å²) in [5.41, 5.74) is 5.19. The van der Waals surface area contributed by atoms with Crippen LogP contribution in [0, 0.1) is 6.92 Å². The van der Waals surface area contributed by atoms with E-state index in [4.69, 9.17) is 0 Å². The predicted octanol–water partition coefficient (Wildman–Crippen LogP) is 5.89. The van der Waals surface area contributed by atoms with E-state index in [0.717, 1.165) is 29.9 Å². The Hall–Kier alpha value is -3.67. The third-order valence-electron chi connectivity index (χ3n) is 7.07. The van der Waals surface area contributed by atoms with Gasteiger partial charge in [0.2, 0.25) is 0 Å². The van der Waals surface area contributed by atoms with Gasteiger partial charge in [-0.15, -0.1) is 0 Å². The highest BCUT2D eigenvalue weighted by Gasteiger charge is 2.26. The SMILES string of the molecule is CCN(CC)c1ccc(NC(=O)c2cc3c(n(-c4ccc(C(C)C)cc4)c2=O)CCCC3=O)c(C)c1. The number of aryl methyl sites for hydroxylation is 1. The van der Waals surface area contributed by atoms with Crippen LogP contribution in [-0.4, -0.2) is 29.3 Å². The Morgan fingerprint density at radius 2 is 1.69 bits per heavy atom. The summed E-state index contributed by atoms with van der Waals surface area (Å²) in [4.78, 5) is 42.1. The molecule has 0 bridgehead atoms. The maximum absolute atomic E-state index is 13.7. The quantitative estimate of drug-likeness (QED) is 0.453. The molecule has 188 valence electrons. The van der Waals surface area contributed by atoms with Crippen LogP contribution in [0.4, 0.5) is 11.4 Å². The van der Waals surface area contributed by atoms with Crippen LogP contribution in [0.2, 0.25) is 0 Å². The van der Waals surface area contributed by atoms with Gasteiger partial charge in [-0.1, -0.05) is 26.0 Å². The molecule has 0 saturated heterocycles. The molecule has 1 N–H and O–H groups in total. The Morgan fingerprint density at radius 3 is 2.31 bits per heavy atom. The lowest BCUT2D eigenvalue weighted by Gasteiger charge is -2.23. The smallest absolute Gasteiger partial charge is 0.268 e. The number of benzene rings is 2. The molecule has 6 heteroatoms. The van der Waals surface area contributed by atoms with E-state index in [1.807, 2.05) is 49.4 Å². The van der Waals surface area contributed by atoms with Gasteiger partial charge in [-0.25, -0.2) is 0 Å². The van der Waals surface area contributed by atoms with E-state index in [1.54, 1.807) is 4.57 Å². The topological polar surface area (TPSA) is 71.4 Å². The van der Waals surface area contributed by atoms with Crippen LogP contribution in [0.3, 0.4) is 0 Å². The highest BCUT2D eigenvalue weighted by molar-refractivity contribution is 6.07. The van der Waals surface area contributed by atoms with Crippen LogP contribution < -0.4 is 15.8 Å².